The third-order valence-corrected chi connectivity index (χ3v) is 2.86. The Kier molecular flexibility index (Phi) is 2.96. The molecule has 0 saturated heterocycles. The number of nitrogens with zero attached hydrogens (tertiary/aromatic N) is 2. The second-order valence-corrected chi connectivity index (χ2v) is 4.59. The molecule has 0 aromatic carbocycles. The molecule has 0 spiro atoms. The van der Waals surface area contributed by atoms with E-state index in [1.807, 2.05) is 23.6 Å². The number of pyridine rings is 1. The van der Waals surface area contributed by atoms with Gasteiger partial charge in [-0.3, -0.25) is 4.79 Å². The fourth-order valence-corrected chi connectivity index (χ4v) is 2.23. The summed E-state index contributed by atoms with van der Waals surface area (Å²) in [6, 6.07) is 1.99. The van der Waals surface area contributed by atoms with Gasteiger partial charge in [-0.05, 0) is 34.5 Å². The summed E-state index contributed by atoms with van der Waals surface area (Å²) >= 11 is 3.42. The van der Waals surface area contributed by atoms with Crippen LogP contribution in [0.5, 0.6) is 0 Å². The van der Waals surface area contributed by atoms with Crippen LogP contribution in [-0.4, -0.2) is 20.5 Å². The maximum atomic E-state index is 10.5. The highest BCUT2D eigenvalue weighted by Crippen LogP contribution is 2.18. The number of rotatable bonds is 3. The number of aryl methyl sites for hydroxylation is 2. The smallest absolute Gasteiger partial charge is 0.303 e. The van der Waals surface area contributed by atoms with E-state index in [9.17, 15) is 4.79 Å². The molecule has 0 aliphatic heterocycles. The zero-order chi connectivity index (χ0) is 11.7. The maximum absolute atomic E-state index is 10.5. The Morgan fingerprint density at radius 2 is 2.38 bits per heavy atom. The fraction of sp³-hybridized carbons (Fsp3) is 0.273. The Hall–Kier alpha value is -1.36. The van der Waals surface area contributed by atoms with Crippen molar-refractivity contribution in [1.29, 1.82) is 0 Å². The van der Waals surface area contributed by atoms with Gasteiger partial charge in [0.2, 0.25) is 0 Å². The van der Waals surface area contributed by atoms with Crippen molar-refractivity contribution in [1.82, 2.24) is 9.38 Å². The van der Waals surface area contributed by atoms with E-state index in [1.165, 1.54) is 0 Å². The number of carboxylic acid groups (broad SMARTS) is 1. The van der Waals surface area contributed by atoms with Gasteiger partial charge in [-0.1, -0.05) is 0 Å². The third-order valence-electron chi connectivity index (χ3n) is 2.43. The van der Waals surface area contributed by atoms with Crippen LogP contribution in [0, 0.1) is 6.92 Å². The zero-order valence-electron chi connectivity index (χ0n) is 8.77. The van der Waals surface area contributed by atoms with Crippen molar-refractivity contribution in [2.75, 3.05) is 0 Å². The van der Waals surface area contributed by atoms with Crippen LogP contribution in [0.3, 0.4) is 0 Å². The molecule has 16 heavy (non-hydrogen) atoms. The Morgan fingerprint density at radius 1 is 1.62 bits per heavy atom. The van der Waals surface area contributed by atoms with Crippen LogP contribution in [-0.2, 0) is 11.2 Å². The molecule has 0 fully saturated rings. The van der Waals surface area contributed by atoms with E-state index >= 15 is 0 Å². The van der Waals surface area contributed by atoms with E-state index in [0.29, 0.717) is 6.42 Å². The highest BCUT2D eigenvalue weighted by Gasteiger charge is 2.08. The van der Waals surface area contributed by atoms with Crippen molar-refractivity contribution >= 4 is 27.5 Å². The molecule has 0 amide bonds. The summed E-state index contributed by atoms with van der Waals surface area (Å²) in [6.45, 7) is 1.98. The number of hydrogen-bond donors (Lipinski definition) is 1. The second kappa shape index (κ2) is 4.25. The standard InChI is InChI=1S/C11H11BrN2O2/c1-7-4-8(12)6-14-9(2-3-10(15)16)5-13-11(7)14/h4-6H,2-3H2,1H3,(H,15,16). The summed E-state index contributed by atoms with van der Waals surface area (Å²) < 4.78 is 2.90. The van der Waals surface area contributed by atoms with Crippen LogP contribution in [0.1, 0.15) is 17.7 Å². The minimum Gasteiger partial charge on any atom is -0.481 e. The van der Waals surface area contributed by atoms with Crippen molar-refractivity contribution in [2.24, 2.45) is 0 Å². The second-order valence-electron chi connectivity index (χ2n) is 3.68. The third kappa shape index (κ3) is 2.09. The summed E-state index contributed by atoms with van der Waals surface area (Å²) in [7, 11) is 0. The quantitative estimate of drug-likeness (QED) is 0.941. The van der Waals surface area contributed by atoms with Crippen molar-refractivity contribution in [2.45, 2.75) is 19.8 Å². The van der Waals surface area contributed by atoms with E-state index in [0.717, 1.165) is 21.4 Å². The normalized spacial score (nSPS) is 10.9. The molecule has 2 aromatic rings. The minimum absolute atomic E-state index is 0.124. The molecule has 0 atom stereocenters. The van der Waals surface area contributed by atoms with Gasteiger partial charge in [-0.2, -0.15) is 0 Å². The van der Waals surface area contributed by atoms with E-state index < -0.39 is 5.97 Å². The number of imidazole rings is 1. The molecule has 0 aliphatic carbocycles. The number of fused-ring (bicyclic) bond motifs is 1. The Labute approximate surface area is 101 Å². The molecule has 0 unspecified atom stereocenters. The summed E-state index contributed by atoms with van der Waals surface area (Å²) in [5.41, 5.74) is 2.86. The van der Waals surface area contributed by atoms with Gasteiger partial charge < -0.3 is 9.51 Å². The molecule has 2 aromatic heterocycles. The summed E-state index contributed by atoms with van der Waals surface area (Å²) in [4.78, 5) is 14.8. The molecule has 0 bridgehead atoms. The number of halogens is 1. The summed E-state index contributed by atoms with van der Waals surface area (Å²) in [5, 5.41) is 8.65. The lowest BCUT2D eigenvalue weighted by Gasteiger charge is -2.03. The van der Waals surface area contributed by atoms with E-state index in [1.54, 1.807) is 6.20 Å². The molecular weight excluding hydrogens is 272 g/mol. The van der Waals surface area contributed by atoms with Gasteiger partial charge in [-0.15, -0.1) is 0 Å². The highest BCUT2D eigenvalue weighted by atomic mass is 79.9. The van der Waals surface area contributed by atoms with Gasteiger partial charge >= 0.3 is 5.97 Å². The highest BCUT2D eigenvalue weighted by molar-refractivity contribution is 9.10. The van der Waals surface area contributed by atoms with Crippen LogP contribution < -0.4 is 0 Å². The number of carbonyl (C=O) groups is 1. The van der Waals surface area contributed by atoms with Crippen molar-refractivity contribution in [3.63, 3.8) is 0 Å². The van der Waals surface area contributed by atoms with Crippen molar-refractivity contribution in [3.05, 3.63) is 34.2 Å². The molecule has 4 nitrogen and oxygen atoms in total. The Bertz CT molecular complexity index is 548. The lowest BCUT2D eigenvalue weighted by Crippen LogP contribution is -2.00. The number of carboxylic acids is 1. The maximum Gasteiger partial charge on any atom is 0.303 e. The fourth-order valence-electron chi connectivity index (χ4n) is 1.68. The predicted molar refractivity (Wildman–Crippen MR) is 63.6 cm³/mol. The largest absolute Gasteiger partial charge is 0.481 e. The molecule has 2 rings (SSSR count). The lowest BCUT2D eigenvalue weighted by atomic mass is 10.2. The number of aromatic nitrogens is 2. The topological polar surface area (TPSA) is 54.6 Å². The molecule has 5 heteroatoms. The van der Waals surface area contributed by atoms with Crippen LogP contribution in [0.25, 0.3) is 5.65 Å². The average Bonchev–Trinajstić information content (AvgIpc) is 2.58. The summed E-state index contributed by atoms with van der Waals surface area (Å²) in [5.74, 6) is -0.790. The molecule has 84 valence electrons. The Balaban J connectivity index is 2.43. The van der Waals surface area contributed by atoms with E-state index in [-0.39, 0.29) is 6.42 Å². The van der Waals surface area contributed by atoms with Crippen LogP contribution in [0.15, 0.2) is 22.9 Å². The van der Waals surface area contributed by atoms with Gasteiger partial charge in [0.15, 0.2) is 0 Å². The van der Waals surface area contributed by atoms with Crippen molar-refractivity contribution < 1.29 is 9.90 Å². The van der Waals surface area contributed by atoms with Gasteiger partial charge in [0.05, 0.1) is 6.42 Å². The zero-order valence-corrected chi connectivity index (χ0v) is 10.4. The monoisotopic (exact) mass is 282 g/mol. The first-order valence-electron chi connectivity index (χ1n) is 4.92. The lowest BCUT2D eigenvalue weighted by molar-refractivity contribution is -0.136. The number of hydrogen-bond acceptors (Lipinski definition) is 2. The first-order chi connectivity index (χ1) is 7.58. The van der Waals surface area contributed by atoms with Crippen LogP contribution in [0.4, 0.5) is 0 Å². The Morgan fingerprint density at radius 3 is 3.06 bits per heavy atom. The molecular formula is C11H11BrN2O2. The van der Waals surface area contributed by atoms with Crippen LogP contribution >= 0.6 is 15.9 Å². The van der Waals surface area contributed by atoms with Gasteiger partial charge in [0.1, 0.15) is 5.65 Å². The predicted octanol–water partition coefficient (Wildman–Crippen LogP) is 2.42. The van der Waals surface area contributed by atoms with Gasteiger partial charge in [0, 0.05) is 29.0 Å². The molecule has 0 saturated carbocycles. The molecule has 2 heterocycles. The molecule has 0 aliphatic rings. The number of aliphatic carboxylic acids is 1. The van der Waals surface area contributed by atoms with Gasteiger partial charge in [-0.25, -0.2) is 4.98 Å². The average molecular weight is 283 g/mol. The molecule has 0 radical (unpaired) electrons. The van der Waals surface area contributed by atoms with Crippen molar-refractivity contribution in [3.8, 4) is 0 Å². The summed E-state index contributed by atoms with van der Waals surface area (Å²) in [6.07, 6.45) is 4.26. The van der Waals surface area contributed by atoms with E-state index in [2.05, 4.69) is 20.9 Å². The molecule has 1 N–H and O–H groups in total. The minimum atomic E-state index is -0.790. The van der Waals surface area contributed by atoms with Gasteiger partial charge in [0.25, 0.3) is 0 Å². The first-order valence-corrected chi connectivity index (χ1v) is 5.71. The first kappa shape index (κ1) is 11.1. The van der Waals surface area contributed by atoms with E-state index in [4.69, 9.17) is 5.11 Å². The van der Waals surface area contributed by atoms with Crippen LogP contribution in [0.2, 0.25) is 0 Å². The SMILES string of the molecule is Cc1cc(Br)cn2c(CCC(=O)O)cnc12.